The minimum Gasteiger partial charge on any atom is -0.378 e. The number of nitrogens with zero attached hydrogens (tertiary/aromatic N) is 1. The first-order valence-electron chi connectivity index (χ1n) is 3.96. The number of hydrazine groups is 1. The molecule has 0 bridgehead atoms. The summed E-state index contributed by atoms with van der Waals surface area (Å²) in [6.45, 7) is 6.24. The molecule has 0 aliphatic carbocycles. The van der Waals surface area contributed by atoms with Gasteiger partial charge in [0.2, 0.25) is 0 Å². The van der Waals surface area contributed by atoms with Crippen LogP contribution in [0, 0.1) is 5.92 Å². The molecule has 2 saturated heterocycles. The Morgan fingerprint density at radius 1 is 1.60 bits per heavy atom. The molecule has 0 aromatic carbocycles. The summed E-state index contributed by atoms with van der Waals surface area (Å²) in [7, 11) is 0. The molecule has 3 nitrogen and oxygen atoms in total. The van der Waals surface area contributed by atoms with Crippen LogP contribution in [0.4, 0.5) is 0 Å². The Morgan fingerprint density at radius 3 is 3.30 bits per heavy atom. The number of ether oxygens (including phenoxy) is 1. The van der Waals surface area contributed by atoms with E-state index in [1.165, 1.54) is 0 Å². The first kappa shape index (κ1) is 6.58. The third kappa shape index (κ3) is 0.944. The van der Waals surface area contributed by atoms with Gasteiger partial charge in [0.25, 0.3) is 0 Å². The lowest BCUT2D eigenvalue weighted by Crippen LogP contribution is -2.46. The average Bonchev–Trinajstić information content (AvgIpc) is 2.34. The molecule has 0 spiro atoms. The van der Waals surface area contributed by atoms with Crippen LogP contribution in [0.5, 0.6) is 0 Å². The predicted octanol–water partition coefficient (Wildman–Crippen LogP) is -0.159. The number of nitrogens with one attached hydrogen (secondary N) is 1. The second-order valence-corrected chi connectivity index (χ2v) is 3.18. The maximum absolute atomic E-state index is 5.37. The fraction of sp³-hybridized carbons (Fsp3) is 1.00. The molecular weight excluding hydrogens is 128 g/mol. The number of rotatable bonds is 0. The van der Waals surface area contributed by atoms with Crippen LogP contribution in [-0.4, -0.2) is 37.4 Å². The van der Waals surface area contributed by atoms with Crippen molar-refractivity contribution in [1.29, 1.82) is 0 Å². The molecule has 2 heterocycles. The largest absolute Gasteiger partial charge is 0.378 e. The highest BCUT2D eigenvalue weighted by Gasteiger charge is 2.32. The van der Waals surface area contributed by atoms with E-state index >= 15 is 0 Å². The van der Waals surface area contributed by atoms with Gasteiger partial charge in [-0.05, 0) is 5.92 Å². The lowest BCUT2D eigenvalue weighted by molar-refractivity contribution is -0.0149. The number of hydrogen-bond acceptors (Lipinski definition) is 3. The van der Waals surface area contributed by atoms with Crippen molar-refractivity contribution in [2.45, 2.75) is 13.0 Å². The predicted molar refractivity (Wildman–Crippen MR) is 38.5 cm³/mol. The van der Waals surface area contributed by atoms with Crippen molar-refractivity contribution >= 4 is 0 Å². The standard InChI is InChI=1S/C7H14N2O/c1-6-4-8-9-2-3-10-5-7(6)9/h6-8H,2-5H2,1H3. The highest BCUT2D eigenvalue weighted by molar-refractivity contribution is 4.84. The zero-order chi connectivity index (χ0) is 6.97. The summed E-state index contributed by atoms with van der Waals surface area (Å²) in [5, 5.41) is 2.31. The third-order valence-corrected chi connectivity index (χ3v) is 2.44. The van der Waals surface area contributed by atoms with Gasteiger partial charge < -0.3 is 4.74 Å². The zero-order valence-corrected chi connectivity index (χ0v) is 6.34. The quantitative estimate of drug-likeness (QED) is 0.508. The first-order chi connectivity index (χ1) is 4.88. The van der Waals surface area contributed by atoms with E-state index in [4.69, 9.17) is 4.74 Å². The van der Waals surface area contributed by atoms with Crippen LogP contribution in [0.3, 0.4) is 0 Å². The normalized spacial score (nSPS) is 41.7. The van der Waals surface area contributed by atoms with Crippen LogP contribution in [0.2, 0.25) is 0 Å². The molecule has 1 N–H and O–H groups in total. The Bertz CT molecular complexity index is 127. The molecule has 0 amide bonds. The van der Waals surface area contributed by atoms with Gasteiger partial charge in [-0.1, -0.05) is 6.92 Å². The summed E-state index contributed by atoms with van der Waals surface area (Å²) in [6.07, 6.45) is 0. The van der Waals surface area contributed by atoms with Crippen molar-refractivity contribution in [3.63, 3.8) is 0 Å². The Hall–Kier alpha value is -0.120. The van der Waals surface area contributed by atoms with Gasteiger partial charge in [-0.25, -0.2) is 5.01 Å². The van der Waals surface area contributed by atoms with Crippen LogP contribution in [0.25, 0.3) is 0 Å². The van der Waals surface area contributed by atoms with Gasteiger partial charge in [0.05, 0.1) is 19.3 Å². The van der Waals surface area contributed by atoms with Crippen LogP contribution in [0.15, 0.2) is 0 Å². The minimum atomic E-state index is 0.633. The molecule has 0 aromatic rings. The highest BCUT2D eigenvalue weighted by atomic mass is 16.5. The van der Waals surface area contributed by atoms with E-state index < -0.39 is 0 Å². The molecule has 0 saturated carbocycles. The summed E-state index contributed by atoms with van der Waals surface area (Å²) in [6, 6.07) is 0.633. The minimum absolute atomic E-state index is 0.633. The van der Waals surface area contributed by atoms with Crippen molar-refractivity contribution < 1.29 is 4.74 Å². The average molecular weight is 142 g/mol. The van der Waals surface area contributed by atoms with Gasteiger partial charge >= 0.3 is 0 Å². The van der Waals surface area contributed by atoms with Crippen LogP contribution >= 0.6 is 0 Å². The molecule has 2 aliphatic heterocycles. The smallest absolute Gasteiger partial charge is 0.0639 e. The molecule has 2 atom stereocenters. The fourth-order valence-corrected chi connectivity index (χ4v) is 1.69. The summed E-state index contributed by atoms with van der Waals surface area (Å²) < 4.78 is 5.37. The van der Waals surface area contributed by atoms with Crippen molar-refractivity contribution in [2.24, 2.45) is 5.92 Å². The SMILES string of the molecule is CC1CNN2CCOCC12. The number of hydrogen-bond donors (Lipinski definition) is 1. The Morgan fingerprint density at radius 2 is 2.50 bits per heavy atom. The summed E-state index contributed by atoms with van der Waals surface area (Å²) in [5.74, 6) is 0.750. The number of morpholine rings is 1. The molecule has 2 unspecified atom stereocenters. The van der Waals surface area contributed by atoms with Gasteiger partial charge in [-0.3, -0.25) is 5.43 Å². The maximum atomic E-state index is 5.37. The molecular formula is C7H14N2O. The Kier molecular flexibility index (Phi) is 1.64. The summed E-state index contributed by atoms with van der Waals surface area (Å²) >= 11 is 0. The van der Waals surface area contributed by atoms with Gasteiger partial charge in [0.1, 0.15) is 0 Å². The lowest BCUT2D eigenvalue weighted by atomic mass is 10.0. The molecule has 10 heavy (non-hydrogen) atoms. The van der Waals surface area contributed by atoms with Crippen LogP contribution in [0.1, 0.15) is 6.92 Å². The Labute approximate surface area is 61.3 Å². The molecule has 2 fully saturated rings. The van der Waals surface area contributed by atoms with E-state index in [9.17, 15) is 0 Å². The second kappa shape index (κ2) is 2.49. The van der Waals surface area contributed by atoms with E-state index in [1.54, 1.807) is 0 Å². The summed E-state index contributed by atoms with van der Waals surface area (Å²) in [5.41, 5.74) is 3.36. The molecule has 2 aliphatic rings. The van der Waals surface area contributed by atoms with Crippen molar-refractivity contribution in [2.75, 3.05) is 26.3 Å². The zero-order valence-electron chi connectivity index (χ0n) is 6.34. The number of fused-ring (bicyclic) bond motifs is 1. The summed E-state index contributed by atoms with van der Waals surface area (Å²) in [4.78, 5) is 0. The van der Waals surface area contributed by atoms with Crippen LogP contribution < -0.4 is 5.43 Å². The topological polar surface area (TPSA) is 24.5 Å². The molecule has 58 valence electrons. The van der Waals surface area contributed by atoms with E-state index in [0.29, 0.717) is 6.04 Å². The first-order valence-corrected chi connectivity index (χ1v) is 3.96. The monoisotopic (exact) mass is 142 g/mol. The second-order valence-electron chi connectivity index (χ2n) is 3.18. The lowest BCUT2D eigenvalue weighted by Gasteiger charge is -2.30. The van der Waals surface area contributed by atoms with Gasteiger partial charge in [-0.15, -0.1) is 0 Å². The molecule has 2 rings (SSSR count). The molecule has 3 heteroatoms. The highest BCUT2D eigenvalue weighted by Crippen LogP contribution is 2.18. The van der Waals surface area contributed by atoms with Gasteiger partial charge in [0.15, 0.2) is 0 Å². The van der Waals surface area contributed by atoms with Gasteiger partial charge in [-0.2, -0.15) is 0 Å². The van der Waals surface area contributed by atoms with Crippen molar-refractivity contribution in [1.82, 2.24) is 10.4 Å². The van der Waals surface area contributed by atoms with E-state index in [-0.39, 0.29) is 0 Å². The fourth-order valence-electron chi connectivity index (χ4n) is 1.69. The van der Waals surface area contributed by atoms with Crippen molar-refractivity contribution in [3.05, 3.63) is 0 Å². The van der Waals surface area contributed by atoms with E-state index in [0.717, 1.165) is 32.2 Å². The molecule has 0 aromatic heterocycles. The third-order valence-electron chi connectivity index (χ3n) is 2.44. The van der Waals surface area contributed by atoms with E-state index in [1.807, 2.05) is 0 Å². The van der Waals surface area contributed by atoms with E-state index in [2.05, 4.69) is 17.4 Å². The molecule has 0 radical (unpaired) electrons. The Balaban J connectivity index is 2.01. The van der Waals surface area contributed by atoms with Crippen LogP contribution in [-0.2, 0) is 4.74 Å². The maximum Gasteiger partial charge on any atom is 0.0639 e. The van der Waals surface area contributed by atoms with Crippen molar-refractivity contribution in [3.8, 4) is 0 Å². The van der Waals surface area contributed by atoms with Gasteiger partial charge in [0, 0.05) is 13.1 Å².